The molecule has 0 spiro atoms. The Balaban J connectivity index is 1.38. The van der Waals surface area contributed by atoms with Gasteiger partial charge in [-0.05, 0) is 46.2 Å². The van der Waals surface area contributed by atoms with Crippen molar-refractivity contribution in [2.24, 2.45) is 0 Å². The second-order valence-corrected chi connectivity index (χ2v) is 8.48. The second kappa shape index (κ2) is 10.3. The number of unbranched alkanes of at least 4 members (excludes halogenated alkanes) is 1. The standard InChI is InChI=1S/C28H29NO4/c1-2-3-8-19-13-15-20(16-14-19)17-26(27(30)31)29-28(32)33-18-25-23-11-6-4-9-21(23)22-10-5-7-12-24(22)25/h4-7,9-16,25-26H,2-3,8,17-18H2,1H3,(H,29,32)(H,30,31)/t26-/m0/s1. The molecule has 0 heterocycles. The predicted octanol–water partition coefficient (Wildman–Crippen LogP) is 5.56. The number of hydrogen-bond donors (Lipinski definition) is 2. The lowest BCUT2D eigenvalue weighted by Gasteiger charge is -2.17. The summed E-state index contributed by atoms with van der Waals surface area (Å²) >= 11 is 0. The third-order valence-corrected chi connectivity index (χ3v) is 6.22. The molecule has 3 aromatic rings. The summed E-state index contributed by atoms with van der Waals surface area (Å²) in [4.78, 5) is 24.3. The lowest BCUT2D eigenvalue weighted by atomic mass is 9.98. The number of carbonyl (C=O) groups is 2. The normalized spacial score (nSPS) is 13.1. The SMILES string of the molecule is CCCCc1ccc(C[C@H](NC(=O)OCC2c3ccccc3-c3ccccc32)C(=O)O)cc1. The third-order valence-electron chi connectivity index (χ3n) is 6.22. The zero-order valence-electron chi connectivity index (χ0n) is 18.8. The minimum Gasteiger partial charge on any atom is -0.480 e. The Labute approximate surface area is 194 Å². The maximum Gasteiger partial charge on any atom is 0.407 e. The summed E-state index contributed by atoms with van der Waals surface area (Å²) in [5, 5.41) is 12.1. The van der Waals surface area contributed by atoms with Crippen LogP contribution >= 0.6 is 0 Å². The number of ether oxygens (including phenoxy) is 1. The van der Waals surface area contributed by atoms with Crippen molar-refractivity contribution < 1.29 is 19.4 Å². The molecule has 0 aliphatic heterocycles. The van der Waals surface area contributed by atoms with Crippen molar-refractivity contribution in [2.75, 3.05) is 6.61 Å². The van der Waals surface area contributed by atoms with Gasteiger partial charge in [0.25, 0.3) is 0 Å². The fourth-order valence-corrected chi connectivity index (χ4v) is 4.44. The maximum absolute atomic E-state index is 12.5. The fourth-order valence-electron chi connectivity index (χ4n) is 4.44. The maximum atomic E-state index is 12.5. The summed E-state index contributed by atoms with van der Waals surface area (Å²) in [5.74, 6) is -1.15. The lowest BCUT2D eigenvalue weighted by Crippen LogP contribution is -2.42. The first kappa shape index (κ1) is 22.6. The number of carbonyl (C=O) groups excluding carboxylic acids is 1. The van der Waals surface area contributed by atoms with E-state index in [-0.39, 0.29) is 18.9 Å². The summed E-state index contributed by atoms with van der Waals surface area (Å²) in [5.41, 5.74) is 6.62. The zero-order valence-corrected chi connectivity index (χ0v) is 18.8. The average molecular weight is 444 g/mol. The van der Waals surface area contributed by atoms with E-state index in [1.165, 1.54) is 5.56 Å². The first-order valence-corrected chi connectivity index (χ1v) is 11.5. The van der Waals surface area contributed by atoms with E-state index in [9.17, 15) is 14.7 Å². The Morgan fingerprint density at radius 2 is 1.48 bits per heavy atom. The molecule has 1 atom stereocenters. The van der Waals surface area contributed by atoms with Gasteiger partial charge in [0.2, 0.25) is 0 Å². The second-order valence-electron chi connectivity index (χ2n) is 8.48. The van der Waals surface area contributed by atoms with Gasteiger partial charge in [-0.2, -0.15) is 0 Å². The number of carboxylic acid groups (broad SMARTS) is 1. The lowest BCUT2D eigenvalue weighted by molar-refractivity contribution is -0.139. The number of nitrogens with one attached hydrogen (secondary N) is 1. The molecule has 0 bridgehead atoms. The number of carboxylic acids is 1. The average Bonchev–Trinajstić information content (AvgIpc) is 3.15. The highest BCUT2D eigenvalue weighted by Gasteiger charge is 2.29. The van der Waals surface area contributed by atoms with Gasteiger partial charge in [-0.1, -0.05) is 86.1 Å². The quantitative estimate of drug-likeness (QED) is 0.454. The number of aliphatic carboxylic acids is 1. The molecule has 5 heteroatoms. The van der Waals surface area contributed by atoms with Gasteiger partial charge in [0.15, 0.2) is 0 Å². The molecule has 33 heavy (non-hydrogen) atoms. The van der Waals surface area contributed by atoms with E-state index in [4.69, 9.17) is 4.74 Å². The zero-order chi connectivity index (χ0) is 23.2. The Hall–Kier alpha value is -3.60. The first-order chi connectivity index (χ1) is 16.1. The van der Waals surface area contributed by atoms with Crippen molar-refractivity contribution in [3.8, 4) is 11.1 Å². The molecule has 2 N–H and O–H groups in total. The van der Waals surface area contributed by atoms with E-state index in [1.54, 1.807) is 0 Å². The number of aryl methyl sites for hydroxylation is 1. The van der Waals surface area contributed by atoms with Gasteiger partial charge in [0, 0.05) is 12.3 Å². The van der Waals surface area contributed by atoms with E-state index < -0.39 is 18.1 Å². The first-order valence-electron chi connectivity index (χ1n) is 11.5. The van der Waals surface area contributed by atoms with Crippen LogP contribution in [-0.4, -0.2) is 29.8 Å². The molecular weight excluding hydrogens is 414 g/mol. The Bertz CT molecular complexity index is 1080. The number of amides is 1. The van der Waals surface area contributed by atoms with Crippen LogP contribution in [0.4, 0.5) is 4.79 Å². The van der Waals surface area contributed by atoms with Crippen molar-refractivity contribution >= 4 is 12.1 Å². The molecule has 170 valence electrons. The van der Waals surface area contributed by atoms with E-state index >= 15 is 0 Å². The molecule has 1 aliphatic rings. The van der Waals surface area contributed by atoms with Crippen molar-refractivity contribution in [3.63, 3.8) is 0 Å². The van der Waals surface area contributed by atoms with Gasteiger partial charge >= 0.3 is 12.1 Å². The largest absolute Gasteiger partial charge is 0.480 e. The monoisotopic (exact) mass is 443 g/mol. The highest BCUT2D eigenvalue weighted by molar-refractivity contribution is 5.81. The molecule has 0 fully saturated rings. The van der Waals surface area contributed by atoms with E-state index in [1.807, 2.05) is 60.7 Å². The Morgan fingerprint density at radius 3 is 2.06 bits per heavy atom. The number of benzene rings is 3. The molecule has 3 aromatic carbocycles. The van der Waals surface area contributed by atoms with Crippen LogP contribution < -0.4 is 5.32 Å². The molecular formula is C28H29NO4. The van der Waals surface area contributed by atoms with Gasteiger partial charge in [-0.3, -0.25) is 0 Å². The van der Waals surface area contributed by atoms with Crippen LogP contribution in [0.1, 0.15) is 47.9 Å². The number of alkyl carbamates (subject to hydrolysis) is 1. The molecule has 0 saturated heterocycles. The molecule has 0 aromatic heterocycles. The predicted molar refractivity (Wildman–Crippen MR) is 128 cm³/mol. The van der Waals surface area contributed by atoms with Crippen LogP contribution in [0.3, 0.4) is 0 Å². The van der Waals surface area contributed by atoms with Crippen LogP contribution in [0, 0.1) is 0 Å². The topological polar surface area (TPSA) is 75.6 Å². The van der Waals surface area contributed by atoms with Crippen molar-refractivity contribution in [2.45, 2.75) is 44.6 Å². The van der Waals surface area contributed by atoms with Gasteiger partial charge in [0.05, 0.1) is 0 Å². The smallest absolute Gasteiger partial charge is 0.407 e. The van der Waals surface area contributed by atoms with Crippen LogP contribution in [0.15, 0.2) is 72.8 Å². The fraction of sp³-hybridized carbons (Fsp3) is 0.286. The minimum atomic E-state index is -1.08. The van der Waals surface area contributed by atoms with Gasteiger partial charge in [-0.15, -0.1) is 0 Å². The van der Waals surface area contributed by atoms with Crippen LogP contribution in [0.2, 0.25) is 0 Å². The van der Waals surface area contributed by atoms with Gasteiger partial charge in [0.1, 0.15) is 12.6 Å². The molecule has 0 unspecified atom stereocenters. The van der Waals surface area contributed by atoms with Gasteiger partial charge < -0.3 is 15.2 Å². The molecule has 0 radical (unpaired) electrons. The Kier molecular flexibility index (Phi) is 7.08. The van der Waals surface area contributed by atoms with E-state index in [0.717, 1.165) is 47.1 Å². The number of fused-ring (bicyclic) bond motifs is 3. The minimum absolute atomic E-state index is 0.0675. The molecule has 0 saturated carbocycles. The van der Waals surface area contributed by atoms with Crippen LogP contribution in [-0.2, 0) is 22.4 Å². The van der Waals surface area contributed by atoms with Gasteiger partial charge in [-0.25, -0.2) is 9.59 Å². The van der Waals surface area contributed by atoms with Crippen molar-refractivity contribution in [1.29, 1.82) is 0 Å². The molecule has 5 nitrogen and oxygen atoms in total. The number of hydrogen-bond acceptors (Lipinski definition) is 3. The van der Waals surface area contributed by atoms with Crippen molar-refractivity contribution in [3.05, 3.63) is 95.1 Å². The summed E-state index contributed by atoms with van der Waals surface area (Å²) in [7, 11) is 0. The third kappa shape index (κ3) is 5.25. The summed E-state index contributed by atoms with van der Waals surface area (Å²) in [6.07, 6.45) is 2.75. The molecule has 1 amide bonds. The van der Waals surface area contributed by atoms with Crippen molar-refractivity contribution in [1.82, 2.24) is 5.32 Å². The molecule has 4 rings (SSSR count). The highest BCUT2D eigenvalue weighted by atomic mass is 16.5. The highest BCUT2D eigenvalue weighted by Crippen LogP contribution is 2.44. The van der Waals surface area contributed by atoms with Crippen LogP contribution in [0.5, 0.6) is 0 Å². The molecule has 1 aliphatic carbocycles. The van der Waals surface area contributed by atoms with Crippen LogP contribution in [0.25, 0.3) is 11.1 Å². The summed E-state index contributed by atoms with van der Waals surface area (Å²) in [6, 6.07) is 23.1. The summed E-state index contributed by atoms with van der Waals surface area (Å²) < 4.78 is 5.51. The van der Waals surface area contributed by atoms with E-state index in [2.05, 4.69) is 24.4 Å². The van der Waals surface area contributed by atoms with E-state index in [0.29, 0.717) is 0 Å². The number of rotatable bonds is 9. The Morgan fingerprint density at radius 1 is 0.909 bits per heavy atom. The summed E-state index contributed by atoms with van der Waals surface area (Å²) in [6.45, 7) is 2.30.